The minimum Gasteiger partial charge on any atom is -0.487 e. The molecule has 0 aliphatic carbocycles. The smallest absolute Gasteiger partial charge is 0.141 e. The lowest BCUT2D eigenvalue weighted by Gasteiger charge is -2.12. The zero-order valence-corrected chi connectivity index (χ0v) is 22.9. The Hall–Kier alpha value is -3.67. The molecular formula is C29H26ClFN4O4S. The standard InChI is InChI=1S/C29H26ClFN4O4S/c1-36-39-40-12-11-32-16-23-7-10-27(38-23)20-5-8-26-24(14-20)29(34-18-33-26)35-22-6-9-28(25(30)15-22)37-17-19-3-2-4-21(31)13-19/h2-10,13-15,18,32H,11-12,16-17H2,1H3,(H,33,34,35)/i11D2. The Morgan fingerprint density at radius 2 is 2.00 bits per heavy atom. The number of furan rings is 1. The molecule has 8 nitrogen and oxygen atoms in total. The van der Waals surface area contributed by atoms with Crippen molar-refractivity contribution in [2.45, 2.75) is 13.2 Å². The first-order valence-electron chi connectivity index (χ1n) is 13.1. The van der Waals surface area contributed by atoms with E-state index in [2.05, 4.69) is 29.8 Å². The molecule has 0 saturated carbocycles. The molecule has 2 heterocycles. The van der Waals surface area contributed by atoms with Gasteiger partial charge in [0.05, 0.1) is 24.2 Å². The monoisotopic (exact) mass is 582 g/mol. The van der Waals surface area contributed by atoms with Crippen molar-refractivity contribution < 1.29 is 25.5 Å². The normalized spacial score (nSPS) is 12.3. The fourth-order valence-electron chi connectivity index (χ4n) is 3.86. The number of benzene rings is 3. The SMILES string of the molecule is [2H]C([2H])(CSOOC)NCc1ccc(-c2ccc3ncnc(Nc4ccc(OCc5cccc(F)c5)c(Cl)c4)c3c2)o1. The third-order valence-corrected chi connectivity index (χ3v) is 6.48. The van der Waals surface area contributed by atoms with Gasteiger partial charge in [0.15, 0.2) is 0 Å². The molecule has 3 aromatic carbocycles. The van der Waals surface area contributed by atoms with E-state index >= 15 is 0 Å². The number of nitrogens with zero attached hydrogens (tertiary/aromatic N) is 2. The number of rotatable bonds is 13. The summed E-state index contributed by atoms with van der Waals surface area (Å²) in [6.45, 7) is -1.32. The Balaban J connectivity index is 1.28. The molecule has 0 aliphatic rings. The fourth-order valence-corrected chi connectivity index (χ4v) is 4.40. The molecule has 2 aromatic heterocycles. The maximum atomic E-state index is 13.5. The van der Waals surface area contributed by atoms with E-state index in [9.17, 15) is 4.39 Å². The summed E-state index contributed by atoms with van der Waals surface area (Å²) in [7, 11) is 1.36. The van der Waals surface area contributed by atoms with Crippen molar-refractivity contribution in [3.8, 4) is 17.1 Å². The highest BCUT2D eigenvalue weighted by Crippen LogP contribution is 2.32. The van der Waals surface area contributed by atoms with Gasteiger partial charge in [-0.25, -0.2) is 19.2 Å². The van der Waals surface area contributed by atoms with Crippen molar-refractivity contribution >= 4 is 46.1 Å². The van der Waals surface area contributed by atoms with Gasteiger partial charge < -0.3 is 19.8 Å². The van der Waals surface area contributed by atoms with Crippen LogP contribution in [0.5, 0.6) is 5.75 Å². The highest BCUT2D eigenvalue weighted by molar-refractivity contribution is 7.94. The second-order valence-corrected chi connectivity index (χ2v) is 9.50. The van der Waals surface area contributed by atoms with E-state index in [1.807, 2.05) is 30.3 Å². The molecule has 0 unspecified atom stereocenters. The van der Waals surface area contributed by atoms with E-state index in [-0.39, 0.29) is 24.7 Å². The Kier molecular flexibility index (Phi) is 8.61. The number of anilines is 2. The van der Waals surface area contributed by atoms with Crippen LogP contribution < -0.4 is 15.4 Å². The largest absolute Gasteiger partial charge is 0.487 e. The Morgan fingerprint density at radius 1 is 1.07 bits per heavy atom. The molecule has 5 rings (SSSR count). The van der Waals surface area contributed by atoms with E-state index in [4.69, 9.17) is 23.5 Å². The van der Waals surface area contributed by atoms with Crippen LogP contribution in [-0.2, 0) is 22.4 Å². The quantitative estimate of drug-likeness (QED) is 0.0641. The van der Waals surface area contributed by atoms with Crippen LogP contribution in [-0.4, -0.2) is 29.3 Å². The molecule has 0 atom stereocenters. The van der Waals surface area contributed by atoms with Crippen molar-refractivity contribution in [2.75, 3.05) is 24.7 Å². The van der Waals surface area contributed by atoms with Crippen LogP contribution in [0.2, 0.25) is 5.02 Å². The molecular weight excluding hydrogens is 555 g/mol. The molecule has 11 heteroatoms. The fraction of sp³-hybridized carbons (Fsp3) is 0.172. The molecule has 0 radical (unpaired) electrons. The summed E-state index contributed by atoms with van der Waals surface area (Å²) < 4.78 is 46.0. The van der Waals surface area contributed by atoms with E-state index in [0.29, 0.717) is 39.4 Å². The van der Waals surface area contributed by atoms with Gasteiger partial charge in [0.2, 0.25) is 0 Å². The van der Waals surface area contributed by atoms with Gasteiger partial charge in [-0.3, -0.25) is 0 Å². The van der Waals surface area contributed by atoms with Gasteiger partial charge in [0.25, 0.3) is 0 Å². The zero-order valence-electron chi connectivity index (χ0n) is 23.3. The molecule has 0 fully saturated rings. The summed E-state index contributed by atoms with van der Waals surface area (Å²) in [6, 6.07) is 20.8. The molecule has 0 spiro atoms. The van der Waals surface area contributed by atoms with Crippen molar-refractivity contribution in [1.82, 2.24) is 15.3 Å². The second kappa shape index (κ2) is 13.6. The van der Waals surface area contributed by atoms with Crippen LogP contribution in [0.3, 0.4) is 0 Å². The zero-order chi connectivity index (χ0) is 29.5. The number of fused-ring (bicyclic) bond motifs is 1. The third-order valence-electron chi connectivity index (χ3n) is 5.69. The highest BCUT2D eigenvalue weighted by Gasteiger charge is 2.11. The molecule has 0 amide bonds. The third kappa shape index (κ3) is 7.29. The second-order valence-electron chi connectivity index (χ2n) is 8.44. The van der Waals surface area contributed by atoms with Gasteiger partial charge in [-0.15, -0.1) is 0 Å². The molecule has 0 saturated heterocycles. The van der Waals surface area contributed by atoms with Crippen molar-refractivity contribution in [3.05, 3.63) is 101 Å². The molecule has 5 aromatic rings. The Bertz CT molecular complexity index is 1680. The van der Waals surface area contributed by atoms with E-state index in [1.54, 1.807) is 30.3 Å². The molecule has 40 heavy (non-hydrogen) atoms. The molecule has 2 N–H and O–H groups in total. The first-order valence-corrected chi connectivity index (χ1v) is 13.4. The summed E-state index contributed by atoms with van der Waals surface area (Å²) in [5.74, 6) is 1.94. The molecule has 0 bridgehead atoms. The summed E-state index contributed by atoms with van der Waals surface area (Å²) in [5.41, 5.74) is 2.93. The van der Waals surface area contributed by atoms with Gasteiger partial charge >= 0.3 is 0 Å². The van der Waals surface area contributed by atoms with Crippen LogP contribution in [0, 0.1) is 5.82 Å². The highest BCUT2D eigenvalue weighted by atomic mass is 35.5. The number of nitrogens with one attached hydrogen (secondary N) is 2. The predicted molar refractivity (Wildman–Crippen MR) is 155 cm³/mol. The molecule has 0 aliphatic heterocycles. The lowest BCUT2D eigenvalue weighted by molar-refractivity contribution is -0.160. The van der Waals surface area contributed by atoms with Gasteiger partial charge in [0.1, 0.15) is 41.8 Å². The average Bonchev–Trinajstić information content (AvgIpc) is 3.45. The average molecular weight is 583 g/mol. The number of hydrogen-bond donors (Lipinski definition) is 2. The first-order chi connectivity index (χ1) is 20.3. The molecule has 206 valence electrons. The van der Waals surface area contributed by atoms with Gasteiger partial charge in [0, 0.05) is 43.7 Å². The Labute approximate surface area is 242 Å². The van der Waals surface area contributed by atoms with Crippen LogP contribution >= 0.6 is 23.6 Å². The van der Waals surface area contributed by atoms with E-state index in [1.165, 1.54) is 25.6 Å². The summed E-state index contributed by atoms with van der Waals surface area (Å²) >= 11 is 7.35. The number of halogens is 2. The topological polar surface area (TPSA) is 90.7 Å². The summed E-state index contributed by atoms with van der Waals surface area (Å²) in [4.78, 5) is 13.3. The lowest BCUT2D eigenvalue weighted by atomic mass is 10.1. The van der Waals surface area contributed by atoms with Crippen molar-refractivity contribution in [1.29, 1.82) is 0 Å². The van der Waals surface area contributed by atoms with Gasteiger partial charge in [-0.05, 0) is 66.2 Å². The minimum absolute atomic E-state index is 0.0325. The summed E-state index contributed by atoms with van der Waals surface area (Å²) in [5, 5.41) is 7.26. The predicted octanol–water partition coefficient (Wildman–Crippen LogP) is 7.32. The maximum Gasteiger partial charge on any atom is 0.141 e. The minimum atomic E-state index is -1.69. The number of aromatic nitrogens is 2. The van der Waals surface area contributed by atoms with Crippen LogP contribution in [0.4, 0.5) is 15.9 Å². The van der Waals surface area contributed by atoms with E-state index < -0.39 is 6.50 Å². The lowest BCUT2D eigenvalue weighted by Crippen LogP contribution is -2.16. The van der Waals surface area contributed by atoms with Crippen LogP contribution in [0.1, 0.15) is 14.1 Å². The van der Waals surface area contributed by atoms with Crippen molar-refractivity contribution in [3.63, 3.8) is 0 Å². The van der Waals surface area contributed by atoms with Gasteiger partial charge in [-0.1, -0.05) is 23.7 Å². The van der Waals surface area contributed by atoms with Crippen molar-refractivity contribution in [2.24, 2.45) is 0 Å². The number of hydrogen-bond acceptors (Lipinski definition) is 9. The van der Waals surface area contributed by atoms with E-state index in [0.717, 1.165) is 28.5 Å². The van der Waals surface area contributed by atoms with Gasteiger partial charge in [-0.2, -0.15) is 4.33 Å². The maximum absolute atomic E-state index is 13.5. The Morgan fingerprint density at radius 3 is 2.85 bits per heavy atom. The van der Waals surface area contributed by atoms with Crippen LogP contribution in [0.15, 0.2) is 83.5 Å². The number of ether oxygens (including phenoxy) is 1. The van der Waals surface area contributed by atoms with Crippen LogP contribution in [0.25, 0.3) is 22.2 Å². The first kappa shape index (κ1) is 25.3. The summed E-state index contributed by atoms with van der Waals surface area (Å²) in [6.07, 6.45) is 1.48.